The highest BCUT2D eigenvalue weighted by atomic mass is 16.5. The standard InChI is InChI=1S/C20H24O3/c1-2-20(21)19(15-22-13-17-9-5-3-6-10-17)16-23-14-18-11-7-4-8-12-18/h3-12,19H,2,13-16H2,1H3. The molecule has 0 aliphatic rings. The van der Waals surface area contributed by atoms with Gasteiger partial charge in [-0.05, 0) is 11.1 Å². The first-order valence-electron chi connectivity index (χ1n) is 8.05. The van der Waals surface area contributed by atoms with E-state index in [9.17, 15) is 4.79 Å². The lowest BCUT2D eigenvalue weighted by Crippen LogP contribution is -2.24. The highest BCUT2D eigenvalue weighted by Crippen LogP contribution is 2.09. The van der Waals surface area contributed by atoms with Gasteiger partial charge in [-0.25, -0.2) is 0 Å². The van der Waals surface area contributed by atoms with Gasteiger partial charge < -0.3 is 9.47 Å². The molecule has 0 amide bonds. The molecule has 0 saturated carbocycles. The van der Waals surface area contributed by atoms with Gasteiger partial charge in [-0.1, -0.05) is 67.6 Å². The van der Waals surface area contributed by atoms with Crippen molar-refractivity contribution in [2.45, 2.75) is 26.6 Å². The number of hydrogen-bond donors (Lipinski definition) is 0. The Bertz CT molecular complexity index is 520. The van der Waals surface area contributed by atoms with Crippen LogP contribution in [0, 0.1) is 5.92 Å². The predicted octanol–water partition coefficient (Wildman–Crippen LogP) is 4.02. The van der Waals surface area contributed by atoms with E-state index in [1.807, 2.05) is 67.6 Å². The van der Waals surface area contributed by atoms with Crippen molar-refractivity contribution < 1.29 is 14.3 Å². The van der Waals surface area contributed by atoms with E-state index in [0.29, 0.717) is 32.8 Å². The van der Waals surface area contributed by atoms with E-state index >= 15 is 0 Å². The summed E-state index contributed by atoms with van der Waals surface area (Å²) in [5, 5.41) is 0. The van der Waals surface area contributed by atoms with Gasteiger partial charge >= 0.3 is 0 Å². The number of carbonyl (C=O) groups is 1. The maximum Gasteiger partial charge on any atom is 0.140 e. The molecule has 0 aromatic heterocycles. The van der Waals surface area contributed by atoms with E-state index in [1.54, 1.807) is 0 Å². The van der Waals surface area contributed by atoms with Gasteiger partial charge in [0.25, 0.3) is 0 Å². The van der Waals surface area contributed by atoms with Crippen LogP contribution in [-0.4, -0.2) is 19.0 Å². The lowest BCUT2D eigenvalue weighted by Gasteiger charge is -2.16. The summed E-state index contributed by atoms with van der Waals surface area (Å²) in [6, 6.07) is 19.9. The minimum Gasteiger partial charge on any atom is -0.376 e. The number of Topliss-reactive ketones (excluding diaryl/α,β-unsaturated/α-hetero) is 1. The summed E-state index contributed by atoms with van der Waals surface area (Å²) in [5.74, 6) is -0.0152. The van der Waals surface area contributed by atoms with Crippen LogP contribution in [-0.2, 0) is 27.5 Å². The number of rotatable bonds is 10. The van der Waals surface area contributed by atoms with Gasteiger partial charge in [0, 0.05) is 6.42 Å². The molecule has 0 fully saturated rings. The zero-order valence-electron chi connectivity index (χ0n) is 13.6. The average molecular weight is 312 g/mol. The van der Waals surface area contributed by atoms with Crippen LogP contribution in [0.5, 0.6) is 0 Å². The first-order valence-corrected chi connectivity index (χ1v) is 8.05. The second kappa shape index (κ2) is 9.93. The highest BCUT2D eigenvalue weighted by Gasteiger charge is 2.17. The minimum atomic E-state index is -0.201. The molecule has 0 spiro atoms. The third kappa shape index (κ3) is 6.35. The second-order valence-corrected chi connectivity index (χ2v) is 5.52. The first kappa shape index (κ1) is 17.4. The van der Waals surface area contributed by atoms with Gasteiger partial charge in [0.05, 0.1) is 32.3 Å². The van der Waals surface area contributed by atoms with Crippen molar-refractivity contribution in [1.29, 1.82) is 0 Å². The van der Waals surface area contributed by atoms with Crippen molar-refractivity contribution in [3.05, 3.63) is 71.8 Å². The van der Waals surface area contributed by atoms with E-state index < -0.39 is 0 Å². The Morgan fingerprint density at radius 3 is 1.65 bits per heavy atom. The molecule has 0 atom stereocenters. The molecule has 0 aliphatic carbocycles. The number of ether oxygens (including phenoxy) is 2. The number of ketones is 1. The SMILES string of the molecule is CCC(=O)C(COCc1ccccc1)COCc1ccccc1. The molecule has 3 heteroatoms. The molecular formula is C20H24O3. The van der Waals surface area contributed by atoms with E-state index in [1.165, 1.54) is 0 Å². The van der Waals surface area contributed by atoms with Gasteiger partial charge in [-0.2, -0.15) is 0 Å². The van der Waals surface area contributed by atoms with E-state index in [2.05, 4.69) is 0 Å². The van der Waals surface area contributed by atoms with Crippen LogP contribution in [0.25, 0.3) is 0 Å². The monoisotopic (exact) mass is 312 g/mol. The second-order valence-electron chi connectivity index (χ2n) is 5.52. The molecule has 0 unspecified atom stereocenters. The molecule has 0 saturated heterocycles. The van der Waals surface area contributed by atoms with Crippen LogP contribution in [0.4, 0.5) is 0 Å². The molecule has 23 heavy (non-hydrogen) atoms. The van der Waals surface area contributed by atoms with Crippen LogP contribution in [0.2, 0.25) is 0 Å². The van der Waals surface area contributed by atoms with E-state index in [4.69, 9.17) is 9.47 Å². The molecule has 2 aromatic rings. The average Bonchev–Trinajstić information content (AvgIpc) is 2.61. The summed E-state index contributed by atoms with van der Waals surface area (Å²) < 4.78 is 11.4. The summed E-state index contributed by atoms with van der Waals surface area (Å²) >= 11 is 0. The number of hydrogen-bond acceptors (Lipinski definition) is 3. The van der Waals surface area contributed by atoms with E-state index in [-0.39, 0.29) is 11.7 Å². The molecule has 0 bridgehead atoms. The van der Waals surface area contributed by atoms with Crippen LogP contribution in [0.3, 0.4) is 0 Å². The van der Waals surface area contributed by atoms with Gasteiger partial charge in [0.1, 0.15) is 5.78 Å². The van der Waals surface area contributed by atoms with Crippen LogP contribution < -0.4 is 0 Å². The maximum atomic E-state index is 12.0. The van der Waals surface area contributed by atoms with Crippen molar-refractivity contribution in [3.63, 3.8) is 0 Å². The summed E-state index contributed by atoms with van der Waals surface area (Å²) in [6.07, 6.45) is 0.508. The zero-order valence-corrected chi connectivity index (χ0v) is 13.6. The molecule has 2 rings (SSSR count). The fourth-order valence-electron chi connectivity index (χ4n) is 2.31. The Kier molecular flexibility index (Phi) is 7.50. The Balaban J connectivity index is 1.76. The molecular weight excluding hydrogens is 288 g/mol. The molecule has 2 aromatic carbocycles. The minimum absolute atomic E-state index is 0.186. The molecule has 0 heterocycles. The highest BCUT2D eigenvalue weighted by molar-refractivity contribution is 5.80. The smallest absolute Gasteiger partial charge is 0.140 e. The van der Waals surface area contributed by atoms with Crippen LogP contribution in [0.15, 0.2) is 60.7 Å². The molecule has 0 N–H and O–H groups in total. The maximum absolute atomic E-state index is 12.0. The molecule has 0 radical (unpaired) electrons. The number of carbonyl (C=O) groups excluding carboxylic acids is 1. The Morgan fingerprint density at radius 1 is 0.826 bits per heavy atom. The van der Waals surface area contributed by atoms with Crippen LogP contribution in [0.1, 0.15) is 24.5 Å². The Labute approximate surface area is 138 Å². The topological polar surface area (TPSA) is 35.5 Å². The van der Waals surface area contributed by atoms with Gasteiger partial charge in [-0.15, -0.1) is 0 Å². The molecule has 122 valence electrons. The number of benzene rings is 2. The van der Waals surface area contributed by atoms with Crippen molar-refractivity contribution in [2.24, 2.45) is 5.92 Å². The Hall–Kier alpha value is -1.97. The molecule has 0 aliphatic heterocycles. The summed E-state index contributed by atoms with van der Waals surface area (Å²) in [7, 11) is 0. The quantitative estimate of drug-likeness (QED) is 0.665. The summed E-state index contributed by atoms with van der Waals surface area (Å²) in [5.41, 5.74) is 2.22. The third-order valence-electron chi connectivity index (χ3n) is 3.66. The normalized spacial score (nSPS) is 10.9. The van der Waals surface area contributed by atoms with Gasteiger partial charge in [0.2, 0.25) is 0 Å². The van der Waals surface area contributed by atoms with Crippen molar-refractivity contribution >= 4 is 5.78 Å². The van der Waals surface area contributed by atoms with E-state index in [0.717, 1.165) is 11.1 Å². The van der Waals surface area contributed by atoms with Crippen molar-refractivity contribution in [1.82, 2.24) is 0 Å². The predicted molar refractivity (Wildman–Crippen MR) is 91.0 cm³/mol. The largest absolute Gasteiger partial charge is 0.376 e. The summed E-state index contributed by atoms with van der Waals surface area (Å²) in [6.45, 7) is 3.72. The van der Waals surface area contributed by atoms with Crippen molar-refractivity contribution in [2.75, 3.05) is 13.2 Å². The first-order chi connectivity index (χ1) is 11.3. The fraction of sp³-hybridized carbons (Fsp3) is 0.350. The Morgan fingerprint density at radius 2 is 1.26 bits per heavy atom. The molecule has 3 nitrogen and oxygen atoms in total. The van der Waals surface area contributed by atoms with Gasteiger partial charge in [-0.3, -0.25) is 4.79 Å². The summed E-state index contributed by atoms with van der Waals surface area (Å²) in [4.78, 5) is 12.0. The van der Waals surface area contributed by atoms with Gasteiger partial charge in [0.15, 0.2) is 0 Å². The van der Waals surface area contributed by atoms with Crippen molar-refractivity contribution in [3.8, 4) is 0 Å². The lowest BCUT2D eigenvalue weighted by atomic mass is 10.0. The lowest BCUT2D eigenvalue weighted by molar-refractivity contribution is -0.127. The fourth-order valence-corrected chi connectivity index (χ4v) is 2.31. The third-order valence-corrected chi connectivity index (χ3v) is 3.66. The zero-order chi connectivity index (χ0) is 16.3. The van der Waals surface area contributed by atoms with Crippen LogP contribution >= 0.6 is 0 Å².